The van der Waals surface area contributed by atoms with Crippen LogP contribution in [-0.2, 0) is 0 Å². The molecule has 1 N–H and O–H groups in total. The highest BCUT2D eigenvalue weighted by molar-refractivity contribution is 6.05. The molecule has 0 spiro atoms. The van der Waals surface area contributed by atoms with Gasteiger partial charge in [0.05, 0.1) is 0 Å². The predicted molar refractivity (Wildman–Crippen MR) is 92.2 cm³/mol. The average molecular weight is 287 g/mol. The molecule has 0 aliphatic carbocycles. The third kappa shape index (κ3) is 2.23. The zero-order valence-corrected chi connectivity index (χ0v) is 12.4. The molecule has 0 fully saturated rings. The molecule has 0 saturated carbocycles. The molecule has 0 aliphatic heterocycles. The van der Waals surface area contributed by atoms with Crippen molar-refractivity contribution in [3.8, 4) is 0 Å². The fourth-order valence-electron chi connectivity index (χ4n) is 2.89. The molecule has 0 bridgehead atoms. The van der Waals surface area contributed by atoms with Gasteiger partial charge in [0, 0.05) is 22.5 Å². The Hall–Kier alpha value is -2.74. The number of para-hydroxylation sites is 1. The van der Waals surface area contributed by atoms with Gasteiger partial charge in [-0.25, -0.2) is 0 Å². The first-order valence-electron chi connectivity index (χ1n) is 7.54. The fourth-order valence-corrected chi connectivity index (χ4v) is 2.89. The van der Waals surface area contributed by atoms with Crippen LogP contribution in [0.4, 0.5) is 5.69 Å². The van der Waals surface area contributed by atoms with Gasteiger partial charge in [-0.3, -0.25) is 0 Å². The molecule has 0 amide bonds. The van der Waals surface area contributed by atoms with Crippen molar-refractivity contribution < 1.29 is 4.42 Å². The van der Waals surface area contributed by atoms with Crippen LogP contribution in [-0.4, -0.2) is 0 Å². The zero-order valence-electron chi connectivity index (χ0n) is 12.4. The van der Waals surface area contributed by atoms with Crippen LogP contribution in [0.15, 0.2) is 77.2 Å². The van der Waals surface area contributed by atoms with Crippen molar-refractivity contribution in [3.05, 3.63) is 78.4 Å². The third-order valence-corrected chi connectivity index (χ3v) is 4.06. The molecule has 0 radical (unpaired) electrons. The number of anilines is 1. The minimum absolute atomic E-state index is 0.261. The molecule has 2 nitrogen and oxygen atoms in total. The van der Waals surface area contributed by atoms with Crippen molar-refractivity contribution in [2.24, 2.45) is 0 Å². The summed E-state index contributed by atoms with van der Waals surface area (Å²) in [6.07, 6.45) is 0. The molecule has 2 heteroatoms. The van der Waals surface area contributed by atoms with Crippen molar-refractivity contribution in [1.82, 2.24) is 0 Å². The summed E-state index contributed by atoms with van der Waals surface area (Å²) in [5.41, 5.74) is 4.25. The van der Waals surface area contributed by atoms with E-state index in [4.69, 9.17) is 4.42 Å². The Morgan fingerprint density at radius 2 is 1.50 bits per heavy atom. The van der Waals surface area contributed by atoms with Crippen molar-refractivity contribution in [3.63, 3.8) is 0 Å². The van der Waals surface area contributed by atoms with Crippen LogP contribution in [0.1, 0.15) is 18.5 Å². The quantitative estimate of drug-likeness (QED) is 0.518. The first-order chi connectivity index (χ1) is 10.8. The van der Waals surface area contributed by atoms with Crippen molar-refractivity contribution in [2.75, 3.05) is 5.32 Å². The van der Waals surface area contributed by atoms with Gasteiger partial charge < -0.3 is 9.73 Å². The Bertz CT molecular complexity index is 924. The van der Waals surface area contributed by atoms with E-state index in [-0.39, 0.29) is 6.04 Å². The maximum absolute atomic E-state index is 5.87. The molecule has 108 valence electrons. The average Bonchev–Trinajstić information content (AvgIpc) is 2.94. The second-order valence-electron chi connectivity index (χ2n) is 5.59. The van der Waals surface area contributed by atoms with E-state index < -0.39 is 0 Å². The standard InChI is InChI=1S/C20H17NO/c1-14(15-7-3-2-4-8-15)21-16-11-12-20-18(13-16)17-9-5-6-10-19(17)22-20/h2-14,21H,1H3. The monoisotopic (exact) mass is 287 g/mol. The fraction of sp³-hybridized carbons (Fsp3) is 0.100. The Labute approximate surface area is 129 Å². The van der Waals surface area contributed by atoms with Gasteiger partial charge in [0.2, 0.25) is 0 Å². The van der Waals surface area contributed by atoms with Gasteiger partial charge in [-0.05, 0) is 36.8 Å². The van der Waals surface area contributed by atoms with Crippen LogP contribution < -0.4 is 5.32 Å². The second-order valence-corrected chi connectivity index (χ2v) is 5.59. The van der Waals surface area contributed by atoms with Gasteiger partial charge in [0.1, 0.15) is 11.2 Å². The number of benzene rings is 3. The summed E-state index contributed by atoms with van der Waals surface area (Å²) in [5.74, 6) is 0. The second kappa shape index (κ2) is 5.23. The first-order valence-corrected chi connectivity index (χ1v) is 7.54. The van der Waals surface area contributed by atoms with Gasteiger partial charge in [-0.15, -0.1) is 0 Å². The van der Waals surface area contributed by atoms with E-state index in [0.29, 0.717) is 0 Å². The molecule has 3 aromatic carbocycles. The molecule has 22 heavy (non-hydrogen) atoms. The normalized spacial score (nSPS) is 12.6. The van der Waals surface area contributed by atoms with E-state index in [9.17, 15) is 0 Å². The van der Waals surface area contributed by atoms with Gasteiger partial charge >= 0.3 is 0 Å². The molecule has 1 aromatic heterocycles. The summed E-state index contributed by atoms with van der Waals surface area (Å²) in [6.45, 7) is 2.17. The van der Waals surface area contributed by atoms with Crippen molar-refractivity contribution in [1.29, 1.82) is 0 Å². The molecular formula is C20H17NO. The lowest BCUT2D eigenvalue weighted by molar-refractivity contribution is 0.669. The maximum Gasteiger partial charge on any atom is 0.135 e. The van der Waals surface area contributed by atoms with Crippen molar-refractivity contribution in [2.45, 2.75) is 13.0 Å². The van der Waals surface area contributed by atoms with E-state index in [1.54, 1.807) is 0 Å². The summed E-state index contributed by atoms with van der Waals surface area (Å²) in [4.78, 5) is 0. The van der Waals surface area contributed by atoms with E-state index in [2.05, 4.69) is 54.7 Å². The maximum atomic E-state index is 5.87. The molecule has 1 heterocycles. The van der Waals surface area contributed by atoms with Crippen LogP contribution in [0.25, 0.3) is 21.9 Å². The molecule has 0 saturated heterocycles. The zero-order chi connectivity index (χ0) is 14.9. The summed E-state index contributed by atoms with van der Waals surface area (Å²) in [7, 11) is 0. The number of rotatable bonds is 3. The summed E-state index contributed by atoms with van der Waals surface area (Å²) >= 11 is 0. The largest absolute Gasteiger partial charge is 0.456 e. The lowest BCUT2D eigenvalue weighted by atomic mass is 10.1. The number of hydrogen-bond donors (Lipinski definition) is 1. The molecule has 0 aliphatic rings. The first kappa shape index (κ1) is 13.0. The Morgan fingerprint density at radius 3 is 2.36 bits per heavy atom. The Morgan fingerprint density at radius 1 is 0.773 bits per heavy atom. The minimum Gasteiger partial charge on any atom is -0.456 e. The number of fused-ring (bicyclic) bond motifs is 3. The predicted octanol–water partition coefficient (Wildman–Crippen LogP) is 5.76. The van der Waals surface area contributed by atoms with Gasteiger partial charge in [-0.2, -0.15) is 0 Å². The molecule has 4 aromatic rings. The smallest absolute Gasteiger partial charge is 0.135 e. The number of hydrogen-bond acceptors (Lipinski definition) is 2. The minimum atomic E-state index is 0.261. The highest BCUT2D eigenvalue weighted by Crippen LogP contribution is 2.31. The SMILES string of the molecule is CC(Nc1ccc2oc3ccccc3c2c1)c1ccccc1. The summed E-state index contributed by atoms with van der Waals surface area (Å²) < 4.78 is 5.87. The van der Waals surface area contributed by atoms with Crippen LogP contribution in [0.5, 0.6) is 0 Å². The summed E-state index contributed by atoms with van der Waals surface area (Å²) in [5, 5.41) is 5.88. The van der Waals surface area contributed by atoms with Gasteiger partial charge in [0.15, 0.2) is 0 Å². The van der Waals surface area contributed by atoms with Crippen molar-refractivity contribution >= 4 is 27.6 Å². The molecule has 1 unspecified atom stereocenters. The highest BCUT2D eigenvalue weighted by atomic mass is 16.3. The van der Waals surface area contributed by atoms with Crippen LogP contribution in [0, 0.1) is 0 Å². The lowest BCUT2D eigenvalue weighted by Crippen LogP contribution is -2.05. The third-order valence-electron chi connectivity index (χ3n) is 4.06. The summed E-state index contributed by atoms with van der Waals surface area (Å²) in [6, 6.07) is 25.2. The Balaban J connectivity index is 1.72. The van der Waals surface area contributed by atoms with Gasteiger partial charge in [0.25, 0.3) is 0 Å². The molecule has 1 atom stereocenters. The van der Waals surface area contributed by atoms with E-state index >= 15 is 0 Å². The Kier molecular flexibility index (Phi) is 3.08. The van der Waals surface area contributed by atoms with Crippen LogP contribution in [0.3, 0.4) is 0 Å². The van der Waals surface area contributed by atoms with Crippen LogP contribution >= 0.6 is 0 Å². The molecule has 4 rings (SSSR count). The van der Waals surface area contributed by atoms with Crippen LogP contribution in [0.2, 0.25) is 0 Å². The lowest BCUT2D eigenvalue weighted by Gasteiger charge is -2.15. The van der Waals surface area contributed by atoms with E-state index in [1.807, 2.05) is 30.3 Å². The van der Waals surface area contributed by atoms with E-state index in [1.165, 1.54) is 5.56 Å². The number of furan rings is 1. The topological polar surface area (TPSA) is 25.2 Å². The highest BCUT2D eigenvalue weighted by Gasteiger charge is 2.09. The molecular weight excluding hydrogens is 270 g/mol. The number of nitrogens with one attached hydrogen (secondary N) is 1. The van der Waals surface area contributed by atoms with Gasteiger partial charge in [-0.1, -0.05) is 48.5 Å². The van der Waals surface area contributed by atoms with E-state index in [0.717, 1.165) is 27.6 Å².